The third-order valence-electron chi connectivity index (χ3n) is 2.45. The summed E-state index contributed by atoms with van der Waals surface area (Å²) >= 11 is 0. The van der Waals surface area contributed by atoms with Crippen molar-refractivity contribution in [2.45, 2.75) is 6.92 Å². The number of nitrogens with zero attached hydrogens (tertiary/aromatic N) is 1. The zero-order chi connectivity index (χ0) is 13.7. The first kappa shape index (κ1) is 14.4. The minimum absolute atomic E-state index is 0.0711. The van der Waals surface area contributed by atoms with E-state index < -0.39 is 23.2 Å². The summed E-state index contributed by atoms with van der Waals surface area (Å²) in [6.07, 6.45) is 0. The van der Waals surface area contributed by atoms with Gasteiger partial charge in [-0.15, -0.1) is 0 Å². The van der Waals surface area contributed by atoms with Gasteiger partial charge >= 0.3 is 0 Å². The molecule has 0 aliphatic heterocycles. The number of anilines is 1. The number of nitrogen functional groups attached to an aromatic ring is 1. The Morgan fingerprint density at radius 1 is 1.39 bits per heavy atom. The molecule has 18 heavy (non-hydrogen) atoms. The van der Waals surface area contributed by atoms with E-state index in [1.165, 1.54) is 11.9 Å². The van der Waals surface area contributed by atoms with Gasteiger partial charge < -0.3 is 15.4 Å². The van der Waals surface area contributed by atoms with Gasteiger partial charge in [-0.3, -0.25) is 4.79 Å². The smallest absolute Gasteiger partial charge is 0.253 e. The van der Waals surface area contributed by atoms with Crippen LogP contribution in [0.2, 0.25) is 0 Å². The molecule has 0 atom stereocenters. The van der Waals surface area contributed by atoms with Gasteiger partial charge in [0.25, 0.3) is 5.91 Å². The molecule has 0 spiro atoms. The lowest BCUT2D eigenvalue weighted by molar-refractivity contribution is 0.0709. The van der Waals surface area contributed by atoms with E-state index in [0.29, 0.717) is 19.8 Å². The number of hydrogen-bond donors (Lipinski definition) is 1. The van der Waals surface area contributed by atoms with Crippen LogP contribution in [-0.4, -0.2) is 37.6 Å². The quantitative estimate of drug-likeness (QED) is 0.645. The molecule has 0 saturated carbocycles. The van der Waals surface area contributed by atoms with E-state index in [9.17, 15) is 13.6 Å². The fourth-order valence-corrected chi connectivity index (χ4v) is 1.38. The predicted molar refractivity (Wildman–Crippen MR) is 64.2 cm³/mol. The van der Waals surface area contributed by atoms with Crippen LogP contribution >= 0.6 is 0 Å². The maximum Gasteiger partial charge on any atom is 0.253 e. The van der Waals surface area contributed by atoms with Gasteiger partial charge in [-0.2, -0.15) is 0 Å². The lowest BCUT2D eigenvalue weighted by atomic mass is 10.1. The number of ether oxygens (including phenoxy) is 1. The number of halogens is 2. The molecule has 0 aromatic heterocycles. The van der Waals surface area contributed by atoms with Crippen molar-refractivity contribution in [1.82, 2.24) is 4.90 Å². The summed E-state index contributed by atoms with van der Waals surface area (Å²) in [5, 5.41) is 0. The van der Waals surface area contributed by atoms with Crippen molar-refractivity contribution < 1.29 is 18.3 Å². The Labute approximate surface area is 104 Å². The van der Waals surface area contributed by atoms with E-state index in [1.54, 1.807) is 0 Å². The van der Waals surface area contributed by atoms with Crippen LogP contribution in [0.25, 0.3) is 0 Å². The second kappa shape index (κ2) is 6.30. The fourth-order valence-electron chi connectivity index (χ4n) is 1.38. The summed E-state index contributed by atoms with van der Waals surface area (Å²) in [6.45, 7) is 3.11. The summed E-state index contributed by atoms with van der Waals surface area (Å²) in [7, 11) is 1.54. The molecule has 100 valence electrons. The zero-order valence-electron chi connectivity index (χ0n) is 10.4. The Balaban J connectivity index is 2.77. The third kappa shape index (κ3) is 3.40. The van der Waals surface area contributed by atoms with Crippen molar-refractivity contribution in [2.24, 2.45) is 0 Å². The lowest BCUT2D eigenvalue weighted by Crippen LogP contribution is -2.30. The van der Waals surface area contributed by atoms with Crippen LogP contribution < -0.4 is 5.73 Å². The van der Waals surface area contributed by atoms with Crippen LogP contribution in [0.4, 0.5) is 14.5 Å². The molecule has 2 N–H and O–H groups in total. The molecule has 1 aromatic carbocycles. The molecule has 0 saturated heterocycles. The predicted octanol–water partition coefficient (Wildman–Crippen LogP) is 1.66. The van der Waals surface area contributed by atoms with E-state index in [4.69, 9.17) is 10.5 Å². The molecule has 0 unspecified atom stereocenters. The Kier molecular flexibility index (Phi) is 5.03. The van der Waals surface area contributed by atoms with Gasteiger partial charge in [0.05, 0.1) is 6.61 Å². The lowest BCUT2D eigenvalue weighted by Gasteiger charge is -2.17. The van der Waals surface area contributed by atoms with Crippen LogP contribution in [0.1, 0.15) is 17.3 Å². The first-order chi connectivity index (χ1) is 8.47. The Bertz CT molecular complexity index is 415. The molecule has 0 aliphatic carbocycles. The summed E-state index contributed by atoms with van der Waals surface area (Å²) in [5.41, 5.74) is 4.48. The standard InChI is InChI=1S/C12H16F2N2O2/c1-3-18-5-4-16(2)12(17)8-6-9(13)11(15)10(14)7-8/h6-7H,3-5,15H2,1-2H3. The average Bonchev–Trinajstić information content (AvgIpc) is 2.34. The van der Waals surface area contributed by atoms with Crippen LogP contribution in [0, 0.1) is 11.6 Å². The minimum atomic E-state index is -0.934. The Hall–Kier alpha value is -1.69. The summed E-state index contributed by atoms with van der Waals surface area (Å²) in [5.74, 6) is -2.35. The van der Waals surface area contributed by atoms with Gasteiger partial charge in [-0.25, -0.2) is 8.78 Å². The molecular weight excluding hydrogens is 242 g/mol. The van der Waals surface area contributed by atoms with Crippen molar-refractivity contribution in [3.8, 4) is 0 Å². The molecule has 0 radical (unpaired) electrons. The normalized spacial score (nSPS) is 10.4. The molecule has 1 rings (SSSR count). The van der Waals surface area contributed by atoms with E-state index in [2.05, 4.69) is 0 Å². The van der Waals surface area contributed by atoms with Crippen LogP contribution in [0.3, 0.4) is 0 Å². The zero-order valence-corrected chi connectivity index (χ0v) is 10.4. The van der Waals surface area contributed by atoms with E-state index in [1.807, 2.05) is 6.92 Å². The second-order valence-electron chi connectivity index (χ2n) is 3.78. The molecule has 1 amide bonds. The SMILES string of the molecule is CCOCCN(C)C(=O)c1cc(F)c(N)c(F)c1. The summed E-state index contributed by atoms with van der Waals surface area (Å²) < 4.78 is 31.5. The number of benzene rings is 1. The highest BCUT2D eigenvalue weighted by atomic mass is 19.1. The highest BCUT2D eigenvalue weighted by Gasteiger charge is 2.16. The highest BCUT2D eigenvalue weighted by Crippen LogP contribution is 2.18. The number of nitrogens with two attached hydrogens (primary N) is 1. The van der Waals surface area contributed by atoms with Gasteiger partial charge in [0.15, 0.2) is 0 Å². The fraction of sp³-hybridized carbons (Fsp3) is 0.417. The maximum absolute atomic E-state index is 13.2. The molecule has 0 heterocycles. The van der Waals surface area contributed by atoms with Gasteiger partial charge in [-0.05, 0) is 19.1 Å². The molecule has 0 bridgehead atoms. The highest BCUT2D eigenvalue weighted by molar-refractivity contribution is 5.94. The van der Waals surface area contributed by atoms with E-state index in [0.717, 1.165) is 12.1 Å². The molecular formula is C12H16F2N2O2. The molecule has 6 heteroatoms. The summed E-state index contributed by atoms with van der Waals surface area (Å²) in [4.78, 5) is 13.2. The van der Waals surface area contributed by atoms with Crippen molar-refractivity contribution >= 4 is 11.6 Å². The van der Waals surface area contributed by atoms with Crippen molar-refractivity contribution in [3.63, 3.8) is 0 Å². The van der Waals surface area contributed by atoms with Gasteiger partial charge in [0, 0.05) is 25.8 Å². The number of carbonyl (C=O) groups is 1. The first-order valence-electron chi connectivity index (χ1n) is 5.55. The monoisotopic (exact) mass is 258 g/mol. The Morgan fingerprint density at radius 2 is 1.94 bits per heavy atom. The van der Waals surface area contributed by atoms with Crippen molar-refractivity contribution in [1.29, 1.82) is 0 Å². The number of carbonyl (C=O) groups excluding carboxylic acids is 1. The van der Waals surface area contributed by atoms with Crippen LogP contribution in [0.5, 0.6) is 0 Å². The molecule has 4 nitrogen and oxygen atoms in total. The van der Waals surface area contributed by atoms with Crippen molar-refractivity contribution in [2.75, 3.05) is 32.5 Å². The maximum atomic E-state index is 13.2. The third-order valence-corrected chi connectivity index (χ3v) is 2.45. The van der Waals surface area contributed by atoms with E-state index in [-0.39, 0.29) is 5.56 Å². The van der Waals surface area contributed by atoms with Crippen LogP contribution in [-0.2, 0) is 4.74 Å². The van der Waals surface area contributed by atoms with Crippen molar-refractivity contribution in [3.05, 3.63) is 29.3 Å². The average molecular weight is 258 g/mol. The number of amides is 1. The number of likely N-dealkylation sites (N-methyl/N-ethyl adjacent to an activating group) is 1. The molecule has 0 aliphatic rings. The first-order valence-corrected chi connectivity index (χ1v) is 5.55. The topological polar surface area (TPSA) is 55.6 Å². The molecule has 0 fully saturated rings. The van der Waals surface area contributed by atoms with Gasteiger partial charge in [-0.1, -0.05) is 0 Å². The second-order valence-corrected chi connectivity index (χ2v) is 3.78. The van der Waals surface area contributed by atoms with Crippen LogP contribution in [0.15, 0.2) is 12.1 Å². The largest absolute Gasteiger partial charge is 0.394 e. The minimum Gasteiger partial charge on any atom is -0.394 e. The summed E-state index contributed by atoms with van der Waals surface area (Å²) in [6, 6.07) is 1.86. The van der Waals surface area contributed by atoms with Gasteiger partial charge in [0.1, 0.15) is 17.3 Å². The number of rotatable bonds is 5. The van der Waals surface area contributed by atoms with E-state index >= 15 is 0 Å². The number of hydrogen-bond acceptors (Lipinski definition) is 3. The Morgan fingerprint density at radius 3 is 2.44 bits per heavy atom. The van der Waals surface area contributed by atoms with Gasteiger partial charge in [0.2, 0.25) is 0 Å². The molecule has 1 aromatic rings.